The topological polar surface area (TPSA) is 101 Å². The molecule has 25 heavy (non-hydrogen) atoms. The van der Waals surface area contributed by atoms with Gasteiger partial charge in [-0.05, 0) is 32.9 Å². The summed E-state index contributed by atoms with van der Waals surface area (Å²) in [5.41, 5.74) is 1.22. The number of aryl methyl sites for hydroxylation is 1. The van der Waals surface area contributed by atoms with E-state index in [4.69, 9.17) is 4.74 Å². The van der Waals surface area contributed by atoms with E-state index in [9.17, 15) is 14.7 Å². The standard InChI is InChI=1S/C17H17N3O4S/c1-4-24-17(23)9(3)20-16(22)13-14(21)15-11(8(2)19-13)12-10(25-15)6-5-7-18-12/h5-7,9,21H,4H2,1-3H3,(H,20,22). The first-order valence-corrected chi connectivity index (χ1v) is 8.60. The molecule has 7 nitrogen and oxygen atoms in total. The number of nitrogens with zero attached hydrogens (tertiary/aromatic N) is 2. The van der Waals surface area contributed by atoms with Gasteiger partial charge >= 0.3 is 5.97 Å². The lowest BCUT2D eigenvalue weighted by molar-refractivity contribution is -0.144. The largest absolute Gasteiger partial charge is 0.504 e. The van der Waals surface area contributed by atoms with Crippen molar-refractivity contribution in [2.75, 3.05) is 6.61 Å². The van der Waals surface area contributed by atoms with Crippen LogP contribution < -0.4 is 5.32 Å². The Morgan fingerprint density at radius 3 is 2.92 bits per heavy atom. The second kappa shape index (κ2) is 6.64. The number of nitrogens with one attached hydrogen (secondary N) is 1. The van der Waals surface area contributed by atoms with Crippen molar-refractivity contribution in [2.45, 2.75) is 26.8 Å². The molecule has 8 heteroatoms. The van der Waals surface area contributed by atoms with E-state index in [1.807, 2.05) is 12.1 Å². The van der Waals surface area contributed by atoms with Gasteiger partial charge in [0, 0.05) is 17.3 Å². The van der Waals surface area contributed by atoms with Crippen LogP contribution in [0.4, 0.5) is 0 Å². The van der Waals surface area contributed by atoms with Crippen LogP contribution in [0.15, 0.2) is 18.3 Å². The summed E-state index contributed by atoms with van der Waals surface area (Å²) < 4.78 is 6.31. The summed E-state index contributed by atoms with van der Waals surface area (Å²) >= 11 is 1.34. The van der Waals surface area contributed by atoms with E-state index in [1.54, 1.807) is 20.0 Å². The van der Waals surface area contributed by atoms with Gasteiger partial charge in [0.2, 0.25) is 0 Å². The number of amides is 1. The number of carbonyl (C=O) groups is 2. The molecule has 0 aromatic carbocycles. The SMILES string of the molecule is CCOC(=O)C(C)NC(=O)c1nc(C)c2c(sc3cccnc32)c1O. The maximum Gasteiger partial charge on any atom is 0.328 e. The van der Waals surface area contributed by atoms with Gasteiger partial charge in [-0.2, -0.15) is 0 Å². The number of esters is 1. The van der Waals surface area contributed by atoms with Gasteiger partial charge in [0.15, 0.2) is 11.4 Å². The predicted molar refractivity (Wildman–Crippen MR) is 94.9 cm³/mol. The minimum atomic E-state index is -0.839. The molecule has 1 amide bonds. The monoisotopic (exact) mass is 359 g/mol. The van der Waals surface area contributed by atoms with Crippen LogP contribution in [0.1, 0.15) is 30.0 Å². The number of pyridine rings is 2. The van der Waals surface area contributed by atoms with Crippen molar-refractivity contribution in [3.8, 4) is 5.75 Å². The van der Waals surface area contributed by atoms with Crippen molar-refractivity contribution in [1.29, 1.82) is 0 Å². The van der Waals surface area contributed by atoms with E-state index in [0.29, 0.717) is 10.4 Å². The summed E-state index contributed by atoms with van der Waals surface area (Å²) in [5.74, 6) is -1.38. The molecular formula is C17H17N3O4S. The number of fused-ring (bicyclic) bond motifs is 3. The fraction of sp³-hybridized carbons (Fsp3) is 0.294. The van der Waals surface area contributed by atoms with Crippen molar-refractivity contribution in [3.63, 3.8) is 0 Å². The summed E-state index contributed by atoms with van der Waals surface area (Å²) in [4.78, 5) is 32.7. The zero-order valence-corrected chi connectivity index (χ0v) is 14.8. The van der Waals surface area contributed by atoms with Crippen molar-refractivity contribution < 1.29 is 19.4 Å². The van der Waals surface area contributed by atoms with Crippen molar-refractivity contribution >= 4 is 43.5 Å². The van der Waals surface area contributed by atoms with Crippen LogP contribution in [0.5, 0.6) is 5.75 Å². The molecule has 0 saturated heterocycles. The molecule has 0 aliphatic rings. The molecule has 0 radical (unpaired) electrons. The minimum Gasteiger partial charge on any atom is -0.504 e. The summed E-state index contributed by atoms with van der Waals surface area (Å²) in [6.45, 7) is 5.19. The average molecular weight is 359 g/mol. The van der Waals surface area contributed by atoms with Crippen LogP contribution in [-0.4, -0.2) is 39.6 Å². The number of rotatable bonds is 4. The Balaban J connectivity index is 2.02. The lowest BCUT2D eigenvalue weighted by atomic mass is 10.1. The summed E-state index contributed by atoms with van der Waals surface area (Å²) in [7, 11) is 0. The molecule has 0 fully saturated rings. The van der Waals surface area contributed by atoms with Gasteiger partial charge in [0.05, 0.1) is 21.5 Å². The van der Waals surface area contributed by atoms with E-state index in [0.717, 1.165) is 15.6 Å². The normalized spacial score (nSPS) is 12.3. The van der Waals surface area contributed by atoms with E-state index in [1.165, 1.54) is 18.3 Å². The van der Waals surface area contributed by atoms with Crippen LogP contribution in [-0.2, 0) is 9.53 Å². The Morgan fingerprint density at radius 1 is 1.44 bits per heavy atom. The second-order valence-electron chi connectivity index (χ2n) is 5.50. The first-order valence-electron chi connectivity index (χ1n) is 7.78. The van der Waals surface area contributed by atoms with Crippen LogP contribution >= 0.6 is 11.3 Å². The summed E-state index contributed by atoms with van der Waals surface area (Å²) in [6, 6.07) is 2.87. The van der Waals surface area contributed by atoms with Gasteiger partial charge in [0.1, 0.15) is 6.04 Å². The highest BCUT2D eigenvalue weighted by atomic mass is 32.1. The lowest BCUT2D eigenvalue weighted by Crippen LogP contribution is -2.40. The highest BCUT2D eigenvalue weighted by molar-refractivity contribution is 7.26. The first kappa shape index (κ1) is 17.1. The first-order chi connectivity index (χ1) is 11.9. The minimum absolute atomic E-state index is 0.118. The highest BCUT2D eigenvalue weighted by Crippen LogP contribution is 2.40. The van der Waals surface area contributed by atoms with Gasteiger partial charge < -0.3 is 15.2 Å². The van der Waals surface area contributed by atoms with Gasteiger partial charge in [-0.3, -0.25) is 9.78 Å². The molecule has 3 aromatic rings. The number of ether oxygens (including phenoxy) is 1. The molecule has 3 rings (SSSR count). The Labute approximate surface area is 147 Å². The lowest BCUT2D eigenvalue weighted by Gasteiger charge is -2.13. The molecule has 0 spiro atoms. The summed E-state index contributed by atoms with van der Waals surface area (Å²) in [6.07, 6.45) is 1.67. The van der Waals surface area contributed by atoms with Gasteiger partial charge in [0.25, 0.3) is 5.91 Å². The number of thiophene rings is 1. The van der Waals surface area contributed by atoms with Crippen molar-refractivity contribution in [2.24, 2.45) is 0 Å². The molecule has 3 heterocycles. The number of aromatic nitrogens is 2. The maximum atomic E-state index is 12.4. The molecule has 130 valence electrons. The van der Waals surface area contributed by atoms with Crippen molar-refractivity contribution in [3.05, 3.63) is 29.7 Å². The fourth-order valence-corrected chi connectivity index (χ4v) is 3.72. The third kappa shape index (κ3) is 3.00. The Hall–Kier alpha value is -2.74. The van der Waals surface area contributed by atoms with Gasteiger partial charge in [-0.15, -0.1) is 11.3 Å². The molecule has 0 bridgehead atoms. The van der Waals surface area contributed by atoms with Crippen LogP contribution in [0.3, 0.4) is 0 Å². The molecule has 1 unspecified atom stereocenters. The Kier molecular flexibility index (Phi) is 4.54. The fourth-order valence-electron chi connectivity index (χ4n) is 2.57. The molecular weight excluding hydrogens is 342 g/mol. The maximum absolute atomic E-state index is 12.4. The van der Waals surface area contributed by atoms with E-state index >= 15 is 0 Å². The average Bonchev–Trinajstić information content (AvgIpc) is 2.98. The molecule has 3 aromatic heterocycles. The Bertz CT molecular complexity index is 983. The molecule has 1 atom stereocenters. The molecule has 0 aliphatic heterocycles. The second-order valence-corrected chi connectivity index (χ2v) is 6.55. The summed E-state index contributed by atoms with van der Waals surface area (Å²) in [5, 5.41) is 13.8. The smallest absolute Gasteiger partial charge is 0.328 e. The van der Waals surface area contributed by atoms with Gasteiger partial charge in [-0.1, -0.05) is 0 Å². The van der Waals surface area contributed by atoms with Crippen LogP contribution in [0, 0.1) is 6.92 Å². The zero-order valence-electron chi connectivity index (χ0n) is 14.0. The third-order valence-corrected chi connectivity index (χ3v) is 4.88. The number of aromatic hydroxyl groups is 1. The van der Waals surface area contributed by atoms with E-state index in [-0.39, 0.29) is 18.1 Å². The van der Waals surface area contributed by atoms with Crippen molar-refractivity contribution in [1.82, 2.24) is 15.3 Å². The third-order valence-electron chi connectivity index (χ3n) is 3.73. The zero-order chi connectivity index (χ0) is 18.1. The van der Waals surface area contributed by atoms with E-state index in [2.05, 4.69) is 15.3 Å². The predicted octanol–water partition coefficient (Wildman–Crippen LogP) is 2.54. The Morgan fingerprint density at radius 2 is 2.20 bits per heavy atom. The van der Waals surface area contributed by atoms with Gasteiger partial charge in [-0.25, -0.2) is 9.78 Å². The highest BCUT2D eigenvalue weighted by Gasteiger charge is 2.24. The number of hydrogen-bond acceptors (Lipinski definition) is 7. The van der Waals surface area contributed by atoms with E-state index < -0.39 is 17.9 Å². The number of carbonyl (C=O) groups excluding carboxylic acids is 2. The van der Waals surface area contributed by atoms with Crippen LogP contribution in [0.25, 0.3) is 20.3 Å². The number of hydrogen-bond donors (Lipinski definition) is 2. The quantitative estimate of drug-likeness (QED) is 0.694. The molecule has 2 N–H and O–H groups in total. The van der Waals surface area contributed by atoms with Crippen LogP contribution in [0.2, 0.25) is 0 Å². The molecule has 0 saturated carbocycles. The molecule has 0 aliphatic carbocycles.